The van der Waals surface area contributed by atoms with E-state index in [-0.39, 0.29) is 11.5 Å². The highest BCUT2D eigenvalue weighted by molar-refractivity contribution is 5.93. The minimum Gasteiger partial charge on any atom is -0.468 e. The molecule has 0 N–H and O–H groups in total. The number of aromatic nitrogens is 1. The quantitative estimate of drug-likeness (QED) is 0.816. The Labute approximate surface area is 152 Å². The number of hydrogen-bond acceptors (Lipinski definition) is 6. The summed E-state index contributed by atoms with van der Waals surface area (Å²) < 4.78 is 16.8. The molecule has 0 unspecified atom stereocenters. The van der Waals surface area contributed by atoms with Crippen molar-refractivity contribution in [3.05, 3.63) is 42.0 Å². The fourth-order valence-electron chi connectivity index (χ4n) is 3.93. The summed E-state index contributed by atoms with van der Waals surface area (Å²) in [6, 6.07) is 3.92. The van der Waals surface area contributed by atoms with Crippen molar-refractivity contribution in [3.63, 3.8) is 0 Å². The lowest BCUT2D eigenvalue weighted by Gasteiger charge is -2.52. The monoisotopic (exact) mass is 359 g/mol. The molecule has 26 heavy (non-hydrogen) atoms. The van der Waals surface area contributed by atoms with Gasteiger partial charge in [0.25, 0.3) is 5.91 Å². The number of nitrogens with zero attached hydrogens (tertiary/aromatic N) is 3. The zero-order valence-electron chi connectivity index (χ0n) is 15.3. The van der Waals surface area contributed by atoms with Crippen LogP contribution in [0.2, 0.25) is 0 Å². The van der Waals surface area contributed by atoms with Gasteiger partial charge in [-0.2, -0.15) is 0 Å². The molecule has 4 rings (SSSR count). The Morgan fingerprint density at radius 2 is 2.27 bits per heavy atom. The van der Waals surface area contributed by atoms with Gasteiger partial charge >= 0.3 is 0 Å². The van der Waals surface area contributed by atoms with Crippen molar-refractivity contribution in [1.29, 1.82) is 0 Å². The van der Waals surface area contributed by atoms with Gasteiger partial charge in [0.1, 0.15) is 11.4 Å². The summed E-state index contributed by atoms with van der Waals surface area (Å²) in [6.45, 7) is 5.60. The van der Waals surface area contributed by atoms with E-state index >= 15 is 0 Å². The largest absolute Gasteiger partial charge is 0.468 e. The maximum atomic E-state index is 12.4. The molecule has 7 nitrogen and oxygen atoms in total. The third kappa shape index (κ3) is 3.41. The number of hydrogen-bond donors (Lipinski definition) is 0. The fraction of sp³-hybridized carbons (Fsp3) is 0.579. The van der Waals surface area contributed by atoms with Crippen LogP contribution in [0.25, 0.3) is 0 Å². The van der Waals surface area contributed by atoms with Crippen LogP contribution >= 0.6 is 0 Å². The number of oxazole rings is 1. The molecule has 2 aromatic heterocycles. The lowest BCUT2D eigenvalue weighted by Crippen LogP contribution is -2.66. The van der Waals surface area contributed by atoms with E-state index in [4.69, 9.17) is 13.6 Å². The summed E-state index contributed by atoms with van der Waals surface area (Å²) in [5, 5.41) is 0. The maximum Gasteiger partial charge on any atom is 0.291 e. The number of amides is 1. The zero-order valence-corrected chi connectivity index (χ0v) is 15.3. The van der Waals surface area contributed by atoms with Crippen LogP contribution in [0.3, 0.4) is 0 Å². The Morgan fingerprint density at radius 1 is 1.42 bits per heavy atom. The van der Waals surface area contributed by atoms with E-state index in [0.29, 0.717) is 30.5 Å². The number of ether oxygens (including phenoxy) is 1. The Hall–Kier alpha value is -2.12. The van der Waals surface area contributed by atoms with Gasteiger partial charge in [-0.1, -0.05) is 0 Å². The SMILES string of the molecule is Cc1ncoc1C(=O)N1CC2(CC[C@@H](CN(C)Cc3ccco3)CO2)C1. The average molecular weight is 359 g/mol. The Bertz CT molecular complexity index is 739. The maximum absolute atomic E-state index is 12.4. The summed E-state index contributed by atoms with van der Waals surface area (Å²) in [6.07, 6.45) is 5.14. The van der Waals surface area contributed by atoms with Crippen molar-refractivity contribution in [1.82, 2.24) is 14.8 Å². The molecule has 0 aromatic carbocycles. The molecule has 2 aliphatic rings. The van der Waals surface area contributed by atoms with Gasteiger partial charge in [-0.3, -0.25) is 9.69 Å². The van der Waals surface area contributed by atoms with Crippen LogP contribution < -0.4 is 0 Å². The predicted molar refractivity (Wildman–Crippen MR) is 93.6 cm³/mol. The molecule has 0 bridgehead atoms. The van der Waals surface area contributed by atoms with Gasteiger partial charge < -0.3 is 18.5 Å². The molecule has 140 valence electrons. The van der Waals surface area contributed by atoms with Crippen molar-refractivity contribution in [2.24, 2.45) is 5.92 Å². The number of furan rings is 1. The zero-order chi connectivity index (χ0) is 18.1. The molecule has 2 aliphatic heterocycles. The van der Waals surface area contributed by atoms with Gasteiger partial charge in [0.2, 0.25) is 5.76 Å². The van der Waals surface area contributed by atoms with Crippen molar-refractivity contribution < 1.29 is 18.4 Å². The van der Waals surface area contributed by atoms with Crippen LogP contribution in [0, 0.1) is 12.8 Å². The lowest BCUT2D eigenvalue weighted by molar-refractivity contribution is -0.168. The van der Waals surface area contributed by atoms with Crippen LogP contribution in [0.1, 0.15) is 34.9 Å². The highest BCUT2D eigenvalue weighted by Crippen LogP contribution is 2.37. The van der Waals surface area contributed by atoms with E-state index in [0.717, 1.165) is 38.3 Å². The summed E-state index contributed by atoms with van der Waals surface area (Å²) in [4.78, 5) is 20.5. The first kappa shape index (κ1) is 17.3. The second kappa shape index (κ2) is 6.89. The molecular formula is C19H25N3O4. The van der Waals surface area contributed by atoms with Gasteiger partial charge in [0.15, 0.2) is 6.39 Å². The first-order valence-corrected chi connectivity index (χ1v) is 9.09. The van der Waals surface area contributed by atoms with Gasteiger partial charge in [0.05, 0.1) is 38.2 Å². The summed E-state index contributed by atoms with van der Waals surface area (Å²) in [7, 11) is 2.11. The molecule has 2 fully saturated rings. The molecule has 2 aromatic rings. The van der Waals surface area contributed by atoms with E-state index < -0.39 is 0 Å². The van der Waals surface area contributed by atoms with Gasteiger partial charge in [-0.15, -0.1) is 0 Å². The minimum atomic E-state index is -0.167. The third-order valence-electron chi connectivity index (χ3n) is 5.39. The number of carbonyl (C=O) groups excluding carboxylic acids is 1. The predicted octanol–water partition coefficient (Wildman–Crippen LogP) is 2.33. The lowest BCUT2D eigenvalue weighted by atomic mass is 9.82. The van der Waals surface area contributed by atoms with Gasteiger partial charge in [-0.25, -0.2) is 4.98 Å². The van der Waals surface area contributed by atoms with Crippen molar-refractivity contribution in [2.45, 2.75) is 31.9 Å². The van der Waals surface area contributed by atoms with E-state index in [9.17, 15) is 4.79 Å². The summed E-state index contributed by atoms with van der Waals surface area (Å²) in [5.41, 5.74) is 0.472. The highest BCUT2D eigenvalue weighted by atomic mass is 16.5. The van der Waals surface area contributed by atoms with Crippen molar-refractivity contribution in [3.8, 4) is 0 Å². The van der Waals surface area contributed by atoms with Crippen LogP contribution in [0.5, 0.6) is 0 Å². The molecule has 0 radical (unpaired) electrons. The molecule has 0 saturated carbocycles. The first-order valence-electron chi connectivity index (χ1n) is 9.09. The number of carbonyl (C=O) groups is 1. The minimum absolute atomic E-state index is 0.0884. The first-order chi connectivity index (χ1) is 12.5. The van der Waals surface area contributed by atoms with Crippen molar-refractivity contribution in [2.75, 3.05) is 33.3 Å². The molecule has 2 saturated heterocycles. The Morgan fingerprint density at radius 3 is 2.88 bits per heavy atom. The third-order valence-corrected chi connectivity index (χ3v) is 5.39. The van der Waals surface area contributed by atoms with Crippen LogP contribution in [0.4, 0.5) is 0 Å². The normalized spacial score (nSPS) is 22.0. The van der Waals surface area contributed by atoms with Gasteiger partial charge in [-0.05, 0) is 44.9 Å². The Balaban J connectivity index is 1.23. The van der Waals surface area contributed by atoms with E-state index in [1.54, 1.807) is 18.1 Å². The molecule has 4 heterocycles. The van der Waals surface area contributed by atoms with E-state index in [1.165, 1.54) is 6.39 Å². The molecule has 1 spiro atoms. The topological polar surface area (TPSA) is 72.0 Å². The fourth-order valence-corrected chi connectivity index (χ4v) is 3.93. The van der Waals surface area contributed by atoms with E-state index in [1.807, 2.05) is 12.1 Å². The number of likely N-dealkylation sites (tertiary alicyclic amines) is 1. The molecule has 0 aliphatic carbocycles. The molecular weight excluding hydrogens is 334 g/mol. The molecule has 1 amide bonds. The van der Waals surface area contributed by atoms with E-state index in [2.05, 4.69) is 16.9 Å². The van der Waals surface area contributed by atoms with Crippen LogP contribution in [0.15, 0.2) is 33.6 Å². The van der Waals surface area contributed by atoms with Crippen LogP contribution in [-0.2, 0) is 11.3 Å². The summed E-state index contributed by atoms with van der Waals surface area (Å²) in [5.74, 6) is 1.75. The molecule has 7 heteroatoms. The second-order valence-corrected chi connectivity index (χ2v) is 7.60. The molecule has 1 atom stereocenters. The van der Waals surface area contributed by atoms with Crippen molar-refractivity contribution >= 4 is 5.91 Å². The highest BCUT2D eigenvalue weighted by Gasteiger charge is 2.49. The van der Waals surface area contributed by atoms with Gasteiger partial charge in [0, 0.05) is 6.54 Å². The second-order valence-electron chi connectivity index (χ2n) is 7.60. The Kier molecular flexibility index (Phi) is 4.58. The number of aryl methyl sites for hydroxylation is 1. The number of rotatable bonds is 5. The standard InChI is InChI=1S/C19H25N3O4/c1-14-17(25-13-20-14)18(23)22-11-19(12-22)6-5-15(10-26-19)8-21(2)9-16-4-3-7-24-16/h3-4,7,13,15H,5-6,8-12H2,1-2H3/t15-/m0/s1. The summed E-state index contributed by atoms with van der Waals surface area (Å²) >= 11 is 0. The smallest absolute Gasteiger partial charge is 0.291 e. The average Bonchev–Trinajstić information content (AvgIpc) is 3.24. The van der Waals surface area contributed by atoms with Crippen LogP contribution in [-0.4, -0.2) is 59.6 Å².